The number of alkyl halides is 3. The summed E-state index contributed by atoms with van der Waals surface area (Å²) in [6.07, 6.45) is 0.138. The Labute approximate surface area is 166 Å². The SMILES string of the molecule is N#Cc1ccc(OC2CCC(NC(=O)Cc3ccc(C(F)(F)F)cc3)CC2)nc1. The Bertz CT molecular complexity index is 866. The highest BCUT2D eigenvalue weighted by Gasteiger charge is 2.30. The number of nitrogens with one attached hydrogen (secondary N) is 1. The summed E-state index contributed by atoms with van der Waals surface area (Å²) in [4.78, 5) is 16.3. The first-order valence-corrected chi connectivity index (χ1v) is 9.32. The van der Waals surface area contributed by atoms with Crippen molar-refractivity contribution in [2.24, 2.45) is 0 Å². The summed E-state index contributed by atoms with van der Waals surface area (Å²) in [6.45, 7) is 0. The average Bonchev–Trinajstić information content (AvgIpc) is 2.70. The minimum Gasteiger partial charge on any atom is -0.474 e. The fourth-order valence-corrected chi connectivity index (χ4v) is 3.29. The maximum absolute atomic E-state index is 12.6. The Kier molecular flexibility index (Phi) is 6.37. The molecule has 0 radical (unpaired) electrons. The zero-order chi connectivity index (χ0) is 20.9. The van der Waals surface area contributed by atoms with E-state index >= 15 is 0 Å². The maximum Gasteiger partial charge on any atom is 0.416 e. The molecule has 1 amide bonds. The van der Waals surface area contributed by atoms with E-state index in [-0.39, 0.29) is 24.5 Å². The zero-order valence-electron chi connectivity index (χ0n) is 15.6. The third-order valence-electron chi connectivity index (χ3n) is 4.84. The molecule has 2 aromatic rings. The molecule has 0 unspecified atom stereocenters. The molecule has 0 aliphatic heterocycles. The van der Waals surface area contributed by atoms with Crippen molar-refractivity contribution in [3.05, 3.63) is 59.3 Å². The molecule has 0 bridgehead atoms. The lowest BCUT2D eigenvalue weighted by Gasteiger charge is -2.29. The molecule has 1 saturated carbocycles. The number of hydrogen-bond donors (Lipinski definition) is 1. The van der Waals surface area contributed by atoms with Crippen LogP contribution in [0.1, 0.15) is 42.4 Å². The summed E-state index contributed by atoms with van der Waals surface area (Å²) < 4.78 is 43.6. The van der Waals surface area contributed by atoms with Gasteiger partial charge in [0.1, 0.15) is 12.2 Å². The van der Waals surface area contributed by atoms with Crippen molar-refractivity contribution in [2.45, 2.75) is 50.4 Å². The van der Waals surface area contributed by atoms with Crippen LogP contribution in [0.2, 0.25) is 0 Å². The number of ether oxygens (including phenoxy) is 1. The summed E-state index contributed by atoms with van der Waals surface area (Å²) in [5, 5.41) is 11.7. The van der Waals surface area contributed by atoms with Crippen molar-refractivity contribution in [3.8, 4) is 11.9 Å². The number of aromatic nitrogens is 1. The van der Waals surface area contributed by atoms with Gasteiger partial charge in [0.15, 0.2) is 0 Å². The highest BCUT2D eigenvalue weighted by Crippen LogP contribution is 2.29. The van der Waals surface area contributed by atoms with Crippen LogP contribution in [0.5, 0.6) is 5.88 Å². The number of halogens is 3. The summed E-state index contributed by atoms with van der Waals surface area (Å²) in [5.74, 6) is 0.265. The number of nitriles is 1. The number of amides is 1. The molecule has 1 aliphatic carbocycles. The molecule has 152 valence electrons. The van der Waals surface area contributed by atoms with Crippen LogP contribution in [0.25, 0.3) is 0 Å². The van der Waals surface area contributed by atoms with Gasteiger partial charge in [-0.1, -0.05) is 12.1 Å². The van der Waals surface area contributed by atoms with Crippen LogP contribution >= 0.6 is 0 Å². The lowest BCUT2D eigenvalue weighted by atomic mass is 9.92. The molecule has 8 heteroatoms. The van der Waals surface area contributed by atoms with Gasteiger partial charge in [0.25, 0.3) is 0 Å². The summed E-state index contributed by atoms with van der Waals surface area (Å²) in [5.41, 5.74) is 0.285. The van der Waals surface area contributed by atoms with Crippen molar-refractivity contribution in [1.29, 1.82) is 5.26 Å². The molecule has 1 aromatic carbocycles. The highest BCUT2D eigenvalue weighted by atomic mass is 19.4. The van der Waals surface area contributed by atoms with Gasteiger partial charge in [-0.2, -0.15) is 18.4 Å². The third kappa shape index (κ3) is 5.95. The summed E-state index contributed by atoms with van der Waals surface area (Å²) in [7, 11) is 0. The molecule has 1 aliphatic rings. The largest absolute Gasteiger partial charge is 0.474 e. The van der Waals surface area contributed by atoms with Crippen LogP contribution in [-0.4, -0.2) is 23.0 Å². The second-order valence-electron chi connectivity index (χ2n) is 7.03. The molecule has 29 heavy (non-hydrogen) atoms. The van der Waals surface area contributed by atoms with Gasteiger partial charge < -0.3 is 10.1 Å². The number of rotatable bonds is 5. The topological polar surface area (TPSA) is 75.0 Å². The van der Waals surface area contributed by atoms with Crippen molar-refractivity contribution in [1.82, 2.24) is 10.3 Å². The van der Waals surface area contributed by atoms with E-state index in [2.05, 4.69) is 10.3 Å². The first-order valence-electron chi connectivity index (χ1n) is 9.32. The minimum absolute atomic E-state index is 0.00139. The molecule has 5 nitrogen and oxygen atoms in total. The number of carbonyl (C=O) groups excluding carboxylic acids is 1. The lowest BCUT2D eigenvalue weighted by molar-refractivity contribution is -0.137. The van der Waals surface area contributed by atoms with Crippen molar-refractivity contribution in [2.75, 3.05) is 0 Å². The third-order valence-corrected chi connectivity index (χ3v) is 4.84. The molecular formula is C21H20F3N3O2. The molecule has 0 spiro atoms. The van der Waals surface area contributed by atoms with Crippen LogP contribution in [0.4, 0.5) is 13.2 Å². The van der Waals surface area contributed by atoms with Gasteiger partial charge in [0, 0.05) is 18.3 Å². The van der Waals surface area contributed by atoms with Crippen molar-refractivity contribution in [3.63, 3.8) is 0 Å². The van der Waals surface area contributed by atoms with Gasteiger partial charge in [-0.15, -0.1) is 0 Å². The van der Waals surface area contributed by atoms with Crippen molar-refractivity contribution >= 4 is 5.91 Å². The summed E-state index contributed by atoms with van der Waals surface area (Å²) >= 11 is 0. The molecular weight excluding hydrogens is 383 g/mol. The molecule has 3 rings (SSSR count). The van der Waals surface area contributed by atoms with Crippen LogP contribution in [0, 0.1) is 11.3 Å². The number of nitrogens with zero attached hydrogens (tertiary/aromatic N) is 2. The van der Waals surface area contributed by atoms with Gasteiger partial charge in [-0.25, -0.2) is 4.98 Å². The van der Waals surface area contributed by atoms with Gasteiger partial charge in [-0.3, -0.25) is 4.79 Å². The first kappa shape index (κ1) is 20.6. The van der Waals surface area contributed by atoms with Gasteiger partial charge >= 0.3 is 6.18 Å². The highest BCUT2D eigenvalue weighted by molar-refractivity contribution is 5.78. The smallest absolute Gasteiger partial charge is 0.416 e. The van der Waals surface area contributed by atoms with E-state index < -0.39 is 11.7 Å². The number of pyridine rings is 1. The van der Waals surface area contributed by atoms with Gasteiger partial charge in [0.05, 0.1) is 17.5 Å². The van der Waals surface area contributed by atoms with Crippen molar-refractivity contribution < 1.29 is 22.7 Å². The Balaban J connectivity index is 1.43. The molecule has 1 heterocycles. The fraction of sp³-hybridized carbons (Fsp3) is 0.381. The number of benzene rings is 1. The predicted molar refractivity (Wildman–Crippen MR) is 98.9 cm³/mol. The predicted octanol–water partition coefficient (Wildman–Crippen LogP) is 4.02. The van der Waals surface area contributed by atoms with E-state index in [4.69, 9.17) is 10.00 Å². The molecule has 1 N–H and O–H groups in total. The normalized spacial score (nSPS) is 19.2. The lowest BCUT2D eigenvalue weighted by Crippen LogP contribution is -2.40. The Morgan fingerprint density at radius 1 is 1.14 bits per heavy atom. The molecule has 1 aromatic heterocycles. The standard InChI is InChI=1S/C21H20F3N3O2/c22-21(23,24)16-4-1-14(2-5-16)11-19(28)27-17-6-8-18(9-7-17)29-20-10-3-15(12-25)13-26-20/h1-5,10,13,17-18H,6-9,11H2,(H,27,28). The van der Waals surface area contributed by atoms with Crippen LogP contribution in [0.15, 0.2) is 42.6 Å². The first-order chi connectivity index (χ1) is 13.8. The van der Waals surface area contributed by atoms with E-state index in [1.54, 1.807) is 12.1 Å². The van der Waals surface area contributed by atoms with Crippen LogP contribution in [0.3, 0.4) is 0 Å². The number of carbonyl (C=O) groups is 1. The maximum atomic E-state index is 12.6. The van der Waals surface area contributed by atoms with Gasteiger partial charge in [-0.05, 0) is 49.4 Å². The summed E-state index contributed by atoms with van der Waals surface area (Å²) in [6, 6.07) is 9.97. The molecule has 0 atom stereocenters. The van der Waals surface area contributed by atoms with E-state index in [1.807, 2.05) is 6.07 Å². The van der Waals surface area contributed by atoms with E-state index in [0.717, 1.165) is 37.8 Å². The Hall–Kier alpha value is -3.08. The quantitative estimate of drug-likeness (QED) is 0.818. The number of hydrogen-bond acceptors (Lipinski definition) is 4. The molecule has 0 saturated heterocycles. The molecule has 1 fully saturated rings. The Morgan fingerprint density at radius 3 is 2.38 bits per heavy atom. The van der Waals surface area contributed by atoms with Crippen LogP contribution in [-0.2, 0) is 17.4 Å². The fourth-order valence-electron chi connectivity index (χ4n) is 3.29. The monoisotopic (exact) mass is 403 g/mol. The van der Waals surface area contributed by atoms with E-state index in [9.17, 15) is 18.0 Å². The minimum atomic E-state index is -4.38. The average molecular weight is 403 g/mol. The second-order valence-corrected chi connectivity index (χ2v) is 7.03. The van der Waals surface area contributed by atoms with Crippen LogP contribution < -0.4 is 10.1 Å². The van der Waals surface area contributed by atoms with Gasteiger partial charge in [0.2, 0.25) is 11.8 Å². The van der Waals surface area contributed by atoms with E-state index in [1.165, 1.54) is 18.3 Å². The zero-order valence-corrected chi connectivity index (χ0v) is 15.6. The second kappa shape index (κ2) is 8.95. The Morgan fingerprint density at radius 2 is 1.83 bits per heavy atom. The van der Waals surface area contributed by atoms with E-state index in [0.29, 0.717) is 17.0 Å².